The molecule has 2 heteroatoms. The zero-order valence-electron chi connectivity index (χ0n) is 10.8. The van der Waals surface area contributed by atoms with Crippen LogP contribution in [0.15, 0.2) is 48.5 Å². The summed E-state index contributed by atoms with van der Waals surface area (Å²) in [5, 5.41) is 3.65. The minimum Gasteiger partial charge on any atom is -0.378 e. The normalized spacial score (nSPS) is 12.2. The molecule has 18 heavy (non-hydrogen) atoms. The second kappa shape index (κ2) is 6.23. The number of benzene rings is 2. The Morgan fingerprint density at radius 3 is 2.50 bits per heavy atom. The van der Waals surface area contributed by atoms with Crippen LogP contribution < -0.4 is 5.32 Å². The first kappa shape index (κ1) is 13.4. The standard InChI is InChI=1S/C16H18IN/c1-3-15(13-7-5-4-6-8-13)18-16-11-14(17)10-9-12(16)2/h4-11,15,18H,3H2,1-2H3. The van der Waals surface area contributed by atoms with E-state index in [0.29, 0.717) is 6.04 Å². The SMILES string of the molecule is CCC(Nc1cc(I)ccc1C)c1ccccc1. The third-order valence-corrected chi connectivity index (χ3v) is 3.81. The molecule has 0 aliphatic carbocycles. The van der Waals surface area contributed by atoms with Gasteiger partial charge in [0.1, 0.15) is 0 Å². The molecule has 0 aliphatic heterocycles. The van der Waals surface area contributed by atoms with Gasteiger partial charge in [-0.3, -0.25) is 0 Å². The Morgan fingerprint density at radius 2 is 1.83 bits per heavy atom. The van der Waals surface area contributed by atoms with E-state index < -0.39 is 0 Å². The van der Waals surface area contributed by atoms with E-state index >= 15 is 0 Å². The first-order valence-corrected chi connectivity index (χ1v) is 7.36. The van der Waals surface area contributed by atoms with Gasteiger partial charge in [-0.2, -0.15) is 0 Å². The highest BCUT2D eigenvalue weighted by Crippen LogP contribution is 2.25. The molecule has 2 aromatic carbocycles. The van der Waals surface area contributed by atoms with Gasteiger partial charge in [0.05, 0.1) is 6.04 Å². The van der Waals surface area contributed by atoms with Crippen LogP contribution in [-0.2, 0) is 0 Å². The molecule has 0 aliphatic rings. The van der Waals surface area contributed by atoms with E-state index in [1.807, 2.05) is 0 Å². The molecule has 1 atom stereocenters. The van der Waals surface area contributed by atoms with Crippen LogP contribution in [0.2, 0.25) is 0 Å². The summed E-state index contributed by atoms with van der Waals surface area (Å²) in [7, 11) is 0. The van der Waals surface area contributed by atoms with Crippen molar-refractivity contribution in [2.75, 3.05) is 5.32 Å². The molecule has 0 radical (unpaired) electrons. The third-order valence-electron chi connectivity index (χ3n) is 3.14. The zero-order valence-corrected chi connectivity index (χ0v) is 12.9. The molecular weight excluding hydrogens is 333 g/mol. The molecule has 1 N–H and O–H groups in total. The molecule has 0 amide bonds. The van der Waals surface area contributed by atoms with Gasteiger partial charge in [-0.1, -0.05) is 43.3 Å². The van der Waals surface area contributed by atoms with E-state index in [9.17, 15) is 0 Å². The van der Waals surface area contributed by atoms with E-state index in [0.717, 1.165) is 6.42 Å². The zero-order chi connectivity index (χ0) is 13.0. The highest BCUT2D eigenvalue weighted by molar-refractivity contribution is 14.1. The Balaban J connectivity index is 2.23. The quantitative estimate of drug-likeness (QED) is 0.750. The largest absolute Gasteiger partial charge is 0.378 e. The molecule has 0 bridgehead atoms. The molecule has 0 saturated heterocycles. The first-order valence-electron chi connectivity index (χ1n) is 6.28. The topological polar surface area (TPSA) is 12.0 Å². The van der Waals surface area contributed by atoms with Gasteiger partial charge < -0.3 is 5.32 Å². The van der Waals surface area contributed by atoms with Crippen LogP contribution in [0.1, 0.15) is 30.5 Å². The van der Waals surface area contributed by atoms with Crippen molar-refractivity contribution in [2.24, 2.45) is 0 Å². The van der Waals surface area contributed by atoms with Crippen LogP contribution in [0, 0.1) is 10.5 Å². The average Bonchev–Trinajstić information content (AvgIpc) is 2.41. The molecular formula is C16H18IN. The Labute approximate surface area is 123 Å². The van der Waals surface area contributed by atoms with Crippen LogP contribution in [-0.4, -0.2) is 0 Å². The highest BCUT2D eigenvalue weighted by atomic mass is 127. The van der Waals surface area contributed by atoms with Crippen molar-refractivity contribution in [3.8, 4) is 0 Å². The molecule has 0 saturated carbocycles. The van der Waals surface area contributed by atoms with Crippen LogP contribution >= 0.6 is 22.6 Å². The molecule has 2 aromatic rings. The van der Waals surface area contributed by atoms with Crippen LogP contribution in [0.3, 0.4) is 0 Å². The summed E-state index contributed by atoms with van der Waals surface area (Å²) in [6.45, 7) is 4.37. The highest BCUT2D eigenvalue weighted by Gasteiger charge is 2.09. The van der Waals surface area contributed by atoms with E-state index in [1.165, 1.54) is 20.4 Å². The van der Waals surface area contributed by atoms with Crippen molar-refractivity contribution in [3.05, 3.63) is 63.2 Å². The lowest BCUT2D eigenvalue weighted by Crippen LogP contribution is -2.10. The van der Waals surface area contributed by atoms with Crippen molar-refractivity contribution in [2.45, 2.75) is 26.3 Å². The van der Waals surface area contributed by atoms with Gasteiger partial charge in [0, 0.05) is 9.26 Å². The van der Waals surface area contributed by atoms with Crippen molar-refractivity contribution < 1.29 is 0 Å². The first-order chi connectivity index (χ1) is 8.70. The maximum atomic E-state index is 3.65. The van der Waals surface area contributed by atoms with Gasteiger partial charge in [0.25, 0.3) is 0 Å². The minimum absolute atomic E-state index is 0.378. The van der Waals surface area contributed by atoms with Crippen LogP contribution in [0.5, 0.6) is 0 Å². The minimum atomic E-state index is 0.378. The Kier molecular flexibility index (Phi) is 4.64. The molecule has 1 nitrogen and oxygen atoms in total. The summed E-state index contributed by atoms with van der Waals surface area (Å²) < 4.78 is 1.27. The van der Waals surface area contributed by atoms with Gasteiger partial charge in [-0.15, -0.1) is 0 Å². The molecule has 0 aromatic heterocycles. The molecule has 0 fully saturated rings. The summed E-state index contributed by atoms with van der Waals surface area (Å²) in [5.41, 5.74) is 3.88. The van der Waals surface area contributed by atoms with Crippen molar-refractivity contribution in [3.63, 3.8) is 0 Å². The Bertz CT molecular complexity index is 508. The Hall–Kier alpha value is -1.03. The predicted molar refractivity (Wildman–Crippen MR) is 87.0 cm³/mol. The van der Waals surface area contributed by atoms with Gasteiger partial charge in [-0.05, 0) is 59.2 Å². The fraction of sp³-hybridized carbons (Fsp3) is 0.250. The lowest BCUT2D eigenvalue weighted by atomic mass is 10.0. The summed E-state index contributed by atoms with van der Waals surface area (Å²) in [6.07, 6.45) is 1.08. The number of halogens is 1. The van der Waals surface area contributed by atoms with E-state index in [1.54, 1.807) is 0 Å². The van der Waals surface area contributed by atoms with Crippen LogP contribution in [0.25, 0.3) is 0 Å². The number of hydrogen-bond acceptors (Lipinski definition) is 1. The second-order valence-corrected chi connectivity index (χ2v) is 5.72. The fourth-order valence-corrected chi connectivity index (χ4v) is 2.54. The number of aryl methyl sites for hydroxylation is 1. The summed E-state index contributed by atoms with van der Waals surface area (Å²) in [4.78, 5) is 0. The van der Waals surface area contributed by atoms with Crippen molar-refractivity contribution in [1.82, 2.24) is 0 Å². The van der Waals surface area contributed by atoms with Gasteiger partial charge in [-0.25, -0.2) is 0 Å². The number of nitrogens with one attached hydrogen (secondary N) is 1. The summed E-state index contributed by atoms with van der Waals surface area (Å²) in [6, 6.07) is 17.5. The van der Waals surface area contributed by atoms with E-state index in [2.05, 4.69) is 90.3 Å². The molecule has 94 valence electrons. The predicted octanol–water partition coefficient (Wildman–Crippen LogP) is 5.16. The van der Waals surface area contributed by atoms with E-state index in [-0.39, 0.29) is 0 Å². The van der Waals surface area contributed by atoms with Crippen molar-refractivity contribution >= 4 is 28.3 Å². The Morgan fingerprint density at radius 1 is 1.11 bits per heavy atom. The van der Waals surface area contributed by atoms with Crippen LogP contribution in [0.4, 0.5) is 5.69 Å². The molecule has 1 unspecified atom stereocenters. The monoisotopic (exact) mass is 351 g/mol. The number of rotatable bonds is 4. The lowest BCUT2D eigenvalue weighted by molar-refractivity contribution is 0.748. The second-order valence-electron chi connectivity index (χ2n) is 4.48. The molecule has 0 spiro atoms. The van der Waals surface area contributed by atoms with Crippen molar-refractivity contribution in [1.29, 1.82) is 0 Å². The molecule has 0 heterocycles. The smallest absolute Gasteiger partial charge is 0.0511 e. The van der Waals surface area contributed by atoms with Gasteiger partial charge in [0.2, 0.25) is 0 Å². The molecule has 2 rings (SSSR count). The van der Waals surface area contributed by atoms with Gasteiger partial charge in [0.15, 0.2) is 0 Å². The summed E-state index contributed by atoms with van der Waals surface area (Å²) >= 11 is 2.36. The van der Waals surface area contributed by atoms with E-state index in [4.69, 9.17) is 0 Å². The maximum Gasteiger partial charge on any atom is 0.0511 e. The lowest BCUT2D eigenvalue weighted by Gasteiger charge is -2.20. The summed E-state index contributed by atoms with van der Waals surface area (Å²) in [5.74, 6) is 0. The average molecular weight is 351 g/mol. The van der Waals surface area contributed by atoms with Gasteiger partial charge >= 0.3 is 0 Å². The third kappa shape index (κ3) is 3.25. The number of hydrogen-bond donors (Lipinski definition) is 1. The maximum absolute atomic E-state index is 3.65. The number of anilines is 1. The fourth-order valence-electron chi connectivity index (χ4n) is 2.04.